The molecule has 3 fully saturated rings. The number of pyridine rings is 1. The fourth-order valence-electron chi connectivity index (χ4n) is 5.33. The molecule has 1 unspecified atom stereocenters. The Balaban J connectivity index is 1.15. The molecule has 1 aromatic heterocycles. The normalized spacial score (nSPS) is 22.6. The fourth-order valence-corrected chi connectivity index (χ4v) is 5.33. The zero-order valence-electron chi connectivity index (χ0n) is 20.4. The van der Waals surface area contributed by atoms with Crippen molar-refractivity contribution in [3.05, 3.63) is 78.5 Å². The average molecular weight is 498 g/mol. The summed E-state index contributed by atoms with van der Waals surface area (Å²) in [6.45, 7) is 0.818. The first-order valence-electron chi connectivity index (χ1n) is 12.4. The van der Waals surface area contributed by atoms with Crippen molar-refractivity contribution in [1.82, 2.24) is 19.7 Å². The van der Waals surface area contributed by atoms with Gasteiger partial charge in [0.05, 0.1) is 25.0 Å². The molecule has 9 heteroatoms. The van der Waals surface area contributed by atoms with Gasteiger partial charge in [-0.1, -0.05) is 42.5 Å². The number of methoxy groups -OCH3 is 1. The average Bonchev–Trinajstić information content (AvgIpc) is 3.69. The summed E-state index contributed by atoms with van der Waals surface area (Å²) in [6.07, 6.45) is 2.45. The number of anilines is 1. The summed E-state index contributed by atoms with van der Waals surface area (Å²) in [4.78, 5) is 48.8. The molecule has 0 bridgehead atoms. The molecular weight excluding hydrogens is 470 g/mol. The van der Waals surface area contributed by atoms with E-state index in [4.69, 9.17) is 4.74 Å². The highest BCUT2D eigenvalue weighted by molar-refractivity contribution is 6.06. The minimum absolute atomic E-state index is 0.115. The Hall–Kier alpha value is -4.40. The van der Waals surface area contributed by atoms with Crippen LogP contribution in [0.2, 0.25) is 0 Å². The number of benzene rings is 2. The van der Waals surface area contributed by atoms with Gasteiger partial charge in [-0.15, -0.1) is 0 Å². The zero-order valence-corrected chi connectivity index (χ0v) is 20.4. The van der Waals surface area contributed by atoms with Crippen molar-refractivity contribution >= 4 is 23.7 Å². The maximum absolute atomic E-state index is 13.3. The number of urea groups is 2. The summed E-state index contributed by atoms with van der Waals surface area (Å²) in [5.41, 5.74) is 3.13. The first kappa shape index (κ1) is 23.0. The van der Waals surface area contributed by atoms with Crippen LogP contribution in [0.15, 0.2) is 72.9 Å². The molecule has 3 aliphatic rings. The Labute approximate surface area is 214 Å². The summed E-state index contributed by atoms with van der Waals surface area (Å²) in [6, 6.07) is 19.6. The third-order valence-electron chi connectivity index (χ3n) is 7.35. The molecule has 2 aliphatic heterocycles. The van der Waals surface area contributed by atoms with Crippen LogP contribution in [0.25, 0.3) is 11.3 Å². The molecule has 1 N–H and O–H groups in total. The van der Waals surface area contributed by atoms with Gasteiger partial charge < -0.3 is 19.9 Å². The standard InChI is InChI=1S/C28H27N5O4/c1-37-20-10-5-9-19(15-20)25-22(11-6-12-29-25)30-27(35)31-13-14-32-24(17-31)26(34)33(28(32)36)23-16-21(23)18-7-3-2-4-8-18/h2-12,15,21,23-24H,13-14,16-17H2,1H3,(H,30,35)/t21-,23+,24?/m1/s1. The second kappa shape index (κ2) is 9.24. The summed E-state index contributed by atoms with van der Waals surface area (Å²) in [7, 11) is 1.60. The van der Waals surface area contributed by atoms with Crippen LogP contribution in [0, 0.1) is 0 Å². The SMILES string of the molecule is COc1cccc(-c2ncccc2NC(=O)N2CCN3C(=O)N([C@H]4C[C@@H]4c4ccccc4)C(=O)C3C2)c1. The minimum Gasteiger partial charge on any atom is -0.497 e. The van der Waals surface area contributed by atoms with Crippen LogP contribution in [0.5, 0.6) is 5.75 Å². The number of ether oxygens (including phenoxy) is 1. The van der Waals surface area contributed by atoms with Gasteiger partial charge in [-0.25, -0.2) is 9.59 Å². The Bertz CT molecular complexity index is 1360. The topological polar surface area (TPSA) is 95.1 Å². The molecule has 6 rings (SSSR count). The lowest BCUT2D eigenvalue weighted by Crippen LogP contribution is -2.55. The quantitative estimate of drug-likeness (QED) is 0.541. The molecule has 9 nitrogen and oxygen atoms in total. The fraction of sp³-hybridized carbons (Fsp3) is 0.286. The molecular formula is C28H27N5O4. The van der Waals surface area contributed by atoms with Crippen LogP contribution >= 0.6 is 0 Å². The van der Waals surface area contributed by atoms with Crippen LogP contribution in [0.3, 0.4) is 0 Å². The van der Waals surface area contributed by atoms with Crippen molar-refractivity contribution in [2.75, 3.05) is 32.1 Å². The van der Waals surface area contributed by atoms with Gasteiger partial charge in [0.25, 0.3) is 5.91 Å². The van der Waals surface area contributed by atoms with Crippen molar-refractivity contribution in [2.24, 2.45) is 0 Å². The van der Waals surface area contributed by atoms with E-state index in [9.17, 15) is 14.4 Å². The van der Waals surface area contributed by atoms with Gasteiger partial charge in [0.15, 0.2) is 0 Å². The van der Waals surface area contributed by atoms with Crippen LogP contribution in [-0.2, 0) is 4.79 Å². The molecule has 3 heterocycles. The second-order valence-corrected chi connectivity index (χ2v) is 9.53. The molecule has 1 aliphatic carbocycles. The minimum atomic E-state index is -0.657. The van der Waals surface area contributed by atoms with E-state index in [2.05, 4.69) is 10.3 Å². The molecule has 188 valence electrons. The molecule has 2 saturated heterocycles. The van der Waals surface area contributed by atoms with Gasteiger partial charge in [-0.2, -0.15) is 0 Å². The van der Waals surface area contributed by atoms with Gasteiger partial charge in [0.1, 0.15) is 11.8 Å². The van der Waals surface area contributed by atoms with Crippen LogP contribution in [0.4, 0.5) is 15.3 Å². The number of nitrogens with zero attached hydrogens (tertiary/aromatic N) is 4. The number of carbonyl (C=O) groups excluding carboxylic acids is 3. The van der Waals surface area contributed by atoms with Crippen molar-refractivity contribution in [3.8, 4) is 17.0 Å². The maximum atomic E-state index is 13.3. The Morgan fingerprint density at radius 3 is 2.68 bits per heavy atom. The smallest absolute Gasteiger partial charge is 0.327 e. The summed E-state index contributed by atoms with van der Waals surface area (Å²) < 4.78 is 5.32. The van der Waals surface area contributed by atoms with Gasteiger partial charge in [-0.3, -0.25) is 14.7 Å². The van der Waals surface area contributed by atoms with Crippen molar-refractivity contribution in [1.29, 1.82) is 0 Å². The Morgan fingerprint density at radius 2 is 1.86 bits per heavy atom. The summed E-state index contributed by atoms with van der Waals surface area (Å²) >= 11 is 0. The van der Waals surface area contributed by atoms with E-state index < -0.39 is 6.04 Å². The molecule has 37 heavy (non-hydrogen) atoms. The lowest BCUT2D eigenvalue weighted by atomic mass is 10.1. The van der Waals surface area contributed by atoms with E-state index in [1.54, 1.807) is 35.2 Å². The number of piperazine rings is 1. The largest absolute Gasteiger partial charge is 0.497 e. The highest BCUT2D eigenvalue weighted by atomic mass is 16.5. The number of aromatic nitrogens is 1. The van der Waals surface area contributed by atoms with Gasteiger partial charge in [0, 0.05) is 36.8 Å². The van der Waals surface area contributed by atoms with Gasteiger partial charge >= 0.3 is 12.1 Å². The number of hydrogen-bond donors (Lipinski definition) is 1. The van der Waals surface area contributed by atoms with Crippen molar-refractivity contribution in [2.45, 2.75) is 24.4 Å². The molecule has 3 atom stereocenters. The number of amides is 5. The molecule has 0 radical (unpaired) electrons. The third-order valence-corrected chi connectivity index (χ3v) is 7.35. The maximum Gasteiger partial charge on any atom is 0.327 e. The summed E-state index contributed by atoms with van der Waals surface area (Å²) in [5.74, 6) is 0.649. The number of fused-ring (bicyclic) bond motifs is 1. The zero-order chi connectivity index (χ0) is 25.5. The van der Waals surface area contributed by atoms with Crippen LogP contribution in [0.1, 0.15) is 17.9 Å². The Kier molecular flexibility index (Phi) is 5.75. The van der Waals surface area contributed by atoms with E-state index in [1.807, 2.05) is 54.6 Å². The highest BCUT2D eigenvalue weighted by Gasteiger charge is 2.56. The third kappa shape index (κ3) is 4.16. The predicted octanol–water partition coefficient (Wildman–Crippen LogP) is 3.79. The van der Waals surface area contributed by atoms with E-state index in [1.165, 1.54) is 4.90 Å². The molecule has 3 aromatic rings. The van der Waals surface area contributed by atoms with Crippen LogP contribution < -0.4 is 10.1 Å². The molecule has 0 spiro atoms. The van der Waals surface area contributed by atoms with Gasteiger partial charge in [-0.05, 0) is 36.2 Å². The number of rotatable bonds is 5. The van der Waals surface area contributed by atoms with Gasteiger partial charge in [0.2, 0.25) is 0 Å². The van der Waals surface area contributed by atoms with E-state index >= 15 is 0 Å². The number of carbonyl (C=O) groups is 3. The van der Waals surface area contributed by atoms with E-state index in [0.29, 0.717) is 30.2 Å². The lowest BCUT2D eigenvalue weighted by molar-refractivity contribution is -0.129. The monoisotopic (exact) mass is 497 g/mol. The molecule has 1 saturated carbocycles. The number of nitrogens with one attached hydrogen (secondary N) is 1. The molecule has 2 aromatic carbocycles. The number of hydrogen-bond acceptors (Lipinski definition) is 5. The highest BCUT2D eigenvalue weighted by Crippen LogP contribution is 2.46. The van der Waals surface area contributed by atoms with E-state index in [-0.39, 0.29) is 36.5 Å². The van der Waals surface area contributed by atoms with E-state index in [0.717, 1.165) is 17.5 Å². The van der Waals surface area contributed by atoms with Crippen molar-refractivity contribution in [3.63, 3.8) is 0 Å². The van der Waals surface area contributed by atoms with Crippen LogP contribution in [-0.4, -0.2) is 76.5 Å². The second-order valence-electron chi connectivity index (χ2n) is 9.53. The number of imide groups is 1. The summed E-state index contributed by atoms with van der Waals surface area (Å²) in [5, 5.41) is 2.95. The predicted molar refractivity (Wildman–Crippen MR) is 137 cm³/mol. The Morgan fingerprint density at radius 1 is 1.03 bits per heavy atom. The lowest BCUT2D eigenvalue weighted by Gasteiger charge is -2.35. The molecule has 5 amide bonds. The first-order valence-corrected chi connectivity index (χ1v) is 12.4. The van der Waals surface area contributed by atoms with Crippen molar-refractivity contribution < 1.29 is 19.1 Å². The first-order chi connectivity index (χ1) is 18.0.